The highest BCUT2D eigenvalue weighted by Crippen LogP contribution is 2.27. The zero-order valence-electron chi connectivity index (χ0n) is 14.1. The van der Waals surface area contributed by atoms with Crippen LogP contribution in [0.25, 0.3) is 0 Å². The van der Waals surface area contributed by atoms with Crippen molar-refractivity contribution in [3.05, 3.63) is 58.1 Å². The molecule has 25 heavy (non-hydrogen) atoms. The van der Waals surface area contributed by atoms with Crippen molar-refractivity contribution in [2.75, 3.05) is 42.9 Å². The molecule has 4 nitrogen and oxygen atoms in total. The summed E-state index contributed by atoms with van der Waals surface area (Å²) in [5.41, 5.74) is 3.05. The molecule has 0 saturated carbocycles. The number of nitrogens with zero attached hydrogens (tertiary/aromatic N) is 2. The van der Waals surface area contributed by atoms with Gasteiger partial charge in [-0.15, -0.1) is 0 Å². The lowest BCUT2D eigenvalue weighted by molar-refractivity contribution is -0.117. The molecule has 0 atom stereocenters. The van der Waals surface area contributed by atoms with Crippen molar-refractivity contribution in [1.29, 1.82) is 0 Å². The van der Waals surface area contributed by atoms with Crippen molar-refractivity contribution in [1.82, 2.24) is 4.90 Å². The molecular formula is C19H21Cl2N3O. The molecule has 1 heterocycles. The van der Waals surface area contributed by atoms with Crippen molar-refractivity contribution in [3.63, 3.8) is 0 Å². The summed E-state index contributed by atoms with van der Waals surface area (Å²) in [7, 11) is 0. The van der Waals surface area contributed by atoms with Crippen LogP contribution in [-0.4, -0.2) is 43.5 Å². The zero-order valence-corrected chi connectivity index (χ0v) is 15.6. The molecule has 2 aromatic rings. The Kier molecular flexibility index (Phi) is 5.84. The largest absolute Gasteiger partial charge is 0.369 e. The third-order valence-electron chi connectivity index (χ3n) is 4.31. The Hall–Kier alpha value is -1.75. The number of benzene rings is 2. The molecule has 0 aromatic heterocycles. The first-order valence-electron chi connectivity index (χ1n) is 8.30. The number of hydrogen-bond acceptors (Lipinski definition) is 3. The van der Waals surface area contributed by atoms with E-state index in [4.69, 9.17) is 23.2 Å². The molecule has 2 aromatic carbocycles. The third-order valence-corrected chi connectivity index (χ3v) is 5.05. The molecule has 1 fully saturated rings. The standard InChI is InChI=1S/C19H21Cl2N3O/c1-14-3-2-4-15(11-14)22-19(25)13-23-7-9-24(10-8-23)16-5-6-17(20)18(21)12-16/h2-6,11-12H,7-10,13H2,1H3,(H,22,25). The molecule has 0 spiro atoms. The molecule has 1 aliphatic rings. The summed E-state index contributed by atoms with van der Waals surface area (Å²) in [5, 5.41) is 4.10. The second-order valence-corrected chi connectivity index (χ2v) is 7.09. The van der Waals surface area contributed by atoms with Crippen LogP contribution in [0.15, 0.2) is 42.5 Å². The maximum atomic E-state index is 12.2. The molecule has 0 unspecified atom stereocenters. The van der Waals surface area contributed by atoms with Gasteiger partial charge in [-0.2, -0.15) is 0 Å². The van der Waals surface area contributed by atoms with Crippen LogP contribution in [0.3, 0.4) is 0 Å². The van der Waals surface area contributed by atoms with Crippen molar-refractivity contribution in [2.24, 2.45) is 0 Å². The lowest BCUT2D eigenvalue weighted by atomic mass is 10.2. The topological polar surface area (TPSA) is 35.6 Å². The first kappa shape index (κ1) is 18.1. The number of nitrogens with one attached hydrogen (secondary N) is 1. The predicted molar refractivity (Wildman–Crippen MR) is 105 cm³/mol. The van der Waals surface area contributed by atoms with E-state index >= 15 is 0 Å². The van der Waals surface area contributed by atoms with Crippen LogP contribution in [0.4, 0.5) is 11.4 Å². The average molecular weight is 378 g/mol. The minimum atomic E-state index is 0.0218. The minimum absolute atomic E-state index is 0.0218. The maximum Gasteiger partial charge on any atom is 0.238 e. The summed E-state index contributed by atoms with van der Waals surface area (Å²) in [6.07, 6.45) is 0. The van der Waals surface area contributed by atoms with Gasteiger partial charge in [0.1, 0.15) is 0 Å². The normalized spacial score (nSPS) is 15.2. The van der Waals surface area contributed by atoms with Gasteiger partial charge in [0.25, 0.3) is 0 Å². The Morgan fingerprint density at radius 1 is 1.04 bits per heavy atom. The number of carbonyl (C=O) groups excluding carboxylic acids is 1. The Morgan fingerprint density at radius 3 is 2.48 bits per heavy atom. The fraction of sp³-hybridized carbons (Fsp3) is 0.316. The van der Waals surface area contributed by atoms with Gasteiger partial charge >= 0.3 is 0 Å². The molecule has 1 N–H and O–H groups in total. The van der Waals surface area contributed by atoms with E-state index in [1.165, 1.54) is 0 Å². The lowest BCUT2D eigenvalue weighted by Crippen LogP contribution is -2.48. The number of hydrogen-bond donors (Lipinski definition) is 1. The number of halogens is 2. The fourth-order valence-corrected chi connectivity index (χ4v) is 3.26. The van der Waals surface area contributed by atoms with E-state index in [0.717, 1.165) is 43.1 Å². The van der Waals surface area contributed by atoms with Gasteiger partial charge in [0.15, 0.2) is 0 Å². The number of amides is 1. The molecule has 0 bridgehead atoms. The lowest BCUT2D eigenvalue weighted by Gasteiger charge is -2.35. The maximum absolute atomic E-state index is 12.2. The monoisotopic (exact) mass is 377 g/mol. The molecule has 1 amide bonds. The molecule has 0 aliphatic carbocycles. The molecule has 1 aliphatic heterocycles. The van der Waals surface area contributed by atoms with Crippen molar-refractivity contribution in [2.45, 2.75) is 6.92 Å². The van der Waals surface area contributed by atoms with Crippen LogP contribution < -0.4 is 10.2 Å². The summed E-state index contributed by atoms with van der Waals surface area (Å²) < 4.78 is 0. The van der Waals surface area contributed by atoms with Crippen LogP contribution >= 0.6 is 23.2 Å². The van der Waals surface area contributed by atoms with Crippen molar-refractivity contribution >= 4 is 40.5 Å². The highest BCUT2D eigenvalue weighted by atomic mass is 35.5. The van der Waals surface area contributed by atoms with E-state index in [-0.39, 0.29) is 5.91 Å². The molecule has 0 radical (unpaired) electrons. The summed E-state index contributed by atoms with van der Waals surface area (Å²) in [4.78, 5) is 16.7. The summed E-state index contributed by atoms with van der Waals surface area (Å²) in [6, 6.07) is 13.5. The Morgan fingerprint density at radius 2 is 1.80 bits per heavy atom. The van der Waals surface area contributed by atoms with Gasteiger partial charge in [-0.3, -0.25) is 9.69 Å². The van der Waals surface area contributed by atoms with Gasteiger partial charge < -0.3 is 10.2 Å². The minimum Gasteiger partial charge on any atom is -0.369 e. The van der Waals surface area contributed by atoms with Gasteiger partial charge in [-0.25, -0.2) is 0 Å². The van der Waals surface area contributed by atoms with Crippen LogP contribution in [0.2, 0.25) is 10.0 Å². The fourth-order valence-electron chi connectivity index (χ4n) is 2.97. The highest BCUT2D eigenvalue weighted by Gasteiger charge is 2.19. The third kappa shape index (κ3) is 4.88. The van der Waals surface area contributed by atoms with Crippen LogP contribution in [-0.2, 0) is 4.79 Å². The van der Waals surface area contributed by atoms with Crippen molar-refractivity contribution < 1.29 is 4.79 Å². The number of anilines is 2. The number of aryl methyl sites for hydroxylation is 1. The average Bonchev–Trinajstić information content (AvgIpc) is 2.58. The van der Waals surface area contributed by atoms with Crippen LogP contribution in [0.1, 0.15) is 5.56 Å². The molecule has 132 valence electrons. The summed E-state index contributed by atoms with van der Waals surface area (Å²) in [6.45, 7) is 5.80. The Labute approximate surface area is 158 Å². The Balaban J connectivity index is 1.50. The van der Waals surface area contributed by atoms with Gasteiger partial charge in [0, 0.05) is 37.6 Å². The van der Waals surface area contributed by atoms with Gasteiger partial charge in [0.2, 0.25) is 5.91 Å². The van der Waals surface area contributed by atoms with Gasteiger partial charge in [-0.1, -0.05) is 35.3 Å². The second-order valence-electron chi connectivity index (χ2n) is 6.28. The second kappa shape index (κ2) is 8.09. The van der Waals surface area contributed by atoms with Gasteiger partial charge in [-0.05, 0) is 42.8 Å². The molecular weight excluding hydrogens is 357 g/mol. The van der Waals surface area contributed by atoms with E-state index in [1.54, 1.807) is 0 Å². The first-order valence-corrected chi connectivity index (χ1v) is 9.06. The van der Waals surface area contributed by atoms with Crippen LogP contribution in [0.5, 0.6) is 0 Å². The van der Waals surface area contributed by atoms with E-state index in [2.05, 4.69) is 15.1 Å². The van der Waals surface area contributed by atoms with Crippen molar-refractivity contribution in [3.8, 4) is 0 Å². The number of carbonyl (C=O) groups is 1. The summed E-state index contributed by atoms with van der Waals surface area (Å²) >= 11 is 12.1. The van der Waals surface area contributed by atoms with Gasteiger partial charge in [0.05, 0.1) is 16.6 Å². The Bertz CT molecular complexity index is 758. The van der Waals surface area contributed by atoms with E-state index < -0.39 is 0 Å². The summed E-state index contributed by atoms with van der Waals surface area (Å²) in [5.74, 6) is 0.0218. The zero-order chi connectivity index (χ0) is 17.8. The smallest absolute Gasteiger partial charge is 0.238 e. The predicted octanol–water partition coefficient (Wildman–Crippen LogP) is 4.06. The molecule has 6 heteroatoms. The van der Waals surface area contributed by atoms with Crippen LogP contribution in [0, 0.1) is 6.92 Å². The molecule has 3 rings (SSSR count). The quantitative estimate of drug-likeness (QED) is 0.872. The number of rotatable bonds is 4. The molecule has 1 saturated heterocycles. The number of piperazine rings is 1. The highest BCUT2D eigenvalue weighted by molar-refractivity contribution is 6.42. The van der Waals surface area contributed by atoms with E-state index in [0.29, 0.717) is 16.6 Å². The first-order chi connectivity index (χ1) is 12.0. The van der Waals surface area contributed by atoms with E-state index in [1.807, 2.05) is 49.4 Å². The SMILES string of the molecule is Cc1cccc(NC(=O)CN2CCN(c3ccc(Cl)c(Cl)c3)CC2)c1. The van der Waals surface area contributed by atoms with E-state index in [9.17, 15) is 4.79 Å².